The number of hydrogen-bond acceptors (Lipinski definition) is 3. The van der Waals surface area contributed by atoms with Crippen molar-refractivity contribution in [3.8, 4) is 0 Å². The lowest BCUT2D eigenvalue weighted by molar-refractivity contribution is -0.141. The van der Waals surface area contributed by atoms with E-state index in [0.717, 1.165) is 27.6 Å². The third-order valence-corrected chi connectivity index (χ3v) is 6.26. The Morgan fingerprint density at radius 1 is 1.03 bits per heavy atom. The van der Waals surface area contributed by atoms with Gasteiger partial charge in [0.15, 0.2) is 0 Å². The van der Waals surface area contributed by atoms with Crippen molar-refractivity contribution in [2.75, 3.05) is 11.4 Å². The molecule has 3 aromatic carbocycles. The quantitative estimate of drug-likeness (QED) is 0.537. The lowest BCUT2D eigenvalue weighted by atomic mass is 10.0. The zero-order chi connectivity index (χ0) is 25.3. The van der Waals surface area contributed by atoms with Crippen LogP contribution in [0.5, 0.6) is 0 Å². The first kappa shape index (κ1) is 24.5. The summed E-state index contributed by atoms with van der Waals surface area (Å²) in [7, 11) is 0. The monoisotopic (exact) mass is 471 g/mol. The first-order valence-corrected chi connectivity index (χ1v) is 12.1. The van der Waals surface area contributed by atoms with E-state index in [1.54, 1.807) is 11.0 Å². The molecule has 0 fully saturated rings. The Bertz CT molecular complexity index is 1290. The molecule has 1 aliphatic rings. The van der Waals surface area contributed by atoms with E-state index in [0.29, 0.717) is 12.0 Å². The van der Waals surface area contributed by atoms with Crippen molar-refractivity contribution in [3.05, 3.63) is 77.4 Å². The molecule has 35 heavy (non-hydrogen) atoms. The fourth-order valence-electron chi connectivity index (χ4n) is 4.74. The maximum absolute atomic E-state index is 13.8. The van der Waals surface area contributed by atoms with E-state index >= 15 is 0 Å². The van der Waals surface area contributed by atoms with Gasteiger partial charge in [0.1, 0.15) is 12.6 Å². The third kappa shape index (κ3) is 5.06. The second-order valence-corrected chi connectivity index (χ2v) is 10.2. The van der Waals surface area contributed by atoms with Crippen LogP contribution in [-0.2, 0) is 16.1 Å². The molecule has 1 N–H and O–H groups in total. The van der Waals surface area contributed by atoms with Crippen LogP contribution in [-0.4, -0.2) is 40.7 Å². The molecule has 6 heteroatoms. The smallest absolute Gasteiger partial charge is 0.259 e. The second kappa shape index (κ2) is 9.53. The Balaban J connectivity index is 1.66. The Morgan fingerprint density at radius 2 is 1.71 bits per heavy atom. The van der Waals surface area contributed by atoms with Crippen molar-refractivity contribution in [1.29, 1.82) is 0 Å². The van der Waals surface area contributed by atoms with Crippen LogP contribution in [0.25, 0.3) is 10.8 Å². The Hall–Kier alpha value is -3.67. The van der Waals surface area contributed by atoms with Gasteiger partial charge >= 0.3 is 0 Å². The van der Waals surface area contributed by atoms with Crippen LogP contribution >= 0.6 is 0 Å². The highest BCUT2D eigenvalue weighted by Gasteiger charge is 2.35. The number of benzene rings is 3. The first-order chi connectivity index (χ1) is 16.6. The molecule has 0 saturated carbocycles. The van der Waals surface area contributed by atoms with Crippen LogP contribution in [0.2, 0.25) is 0 Å². The average Bonchev–Trinajstić information content (AvgIpc) is 3.06. The number of anilines is 1. The molecule has 3 amide bonds. The molecule has 0 radical (unpaired) electrons. The van der Waals surface area contributed by atoms with Gasteiger partial charge in [-0.3, -0.25) is 19.3 Å². The van der Waals surface area contributed by atoms with Gasteiger partial charge in [-0.15, -0.1) is 0 Å². The summed E-state index contributed by atoms with van der Waals surface area (Å²) in [5.74, 6) is -0.646. The van der Waals surface area contributed by atoms with E-state index < -0.39 is 11.6 Å². The summed E-state index contributed by atoms with van der Waals surface area (Å²) in [6.07, 6.45) is 0.462. The molecule has 0 unspecified atom stereocenters. The van der Waals surface area contributed by atoms with Crippen LogP contribution in [0.4, 0.5) is 5.69 Å². The highest BCUT2D eigenvalue weighted by atomic mass is 16.2. The topological polar surface area (TPSA) is 69.7 Å². The molecule has 0 bridgehead atoms. The SMILES string of the molecule is CC[C@H](C(=O)NC(C)(C)C)N(Cc1cccc(C)c1)C(=O)CN1C(=O)c2cccc3cccc1c23. The van der Waals surface area contributed by atoms with Crippen LogP contribution in [0.15, 0.2) is 60.7 Å². The molecule has 182 valence electrons. The maximum atomic E-state index is 13.8. The average molecular weight is 472 g/mol. The Morgan fingerprint density at radius 3 is 2.37 bits per heavy atom. The molecule has 1 atom stereocenters. The van der Waals surface area contributed by atoms with E-state index in [1.165, 1.54) is 4.90 Å². The van der Waals surface area contributed by atoms with Crippen LogP contribution in [0.1, 0.15) is 55.6 Å². The van der Waals surface area contributed by atoms with Crippen molar-refractivity contribution in [2.45, 2.75) is 59.2 Å². The lowest BCUT2D eigenvalue weighted by Crippen LogP contribution is -2.55. The van der Waals surface area contributed by atoms with Crippen LogP contribution in [0, 0.1) is 6.92 Å². The van der Waals surface area contributed by atoms with Gasteiger partial charge in [0.25, 0.3) is 5.91 Å². The summed E-state index contributed by atoms with van der Waals surface area (Å²) >= 11 is 0. The molecule has 3 aromatic rings. The van der Waals surface area contributed by atoms with E-state index in [9.17, 15) is 14.4 Å². The van der Waals surface area contributed by atoms with Crippen molar-refractivity contribution in [2.24, 2.45) is 0 Å². The number of nitrogens with one attached hydrogen (secondary N) is 1. The highest BCUT2D eigenvalue weighted by molar-refractivity contribution is 6.26. The molecular weight excluding hydrogens is 438 g/mol. The molecule has 0 aliphatic carbocycles. The highest BCUT2D eigenvalue weighted by Crippen LogP contribution is 2.37. The van der Waals surface area contributed by atoms with Crippen LogP contribution < -0.4 is 10.2 Å². The fourth-order valence-corrected chi connectivity index (χ4v) is 4.74. The largest absolute Gasteiger partial charge is 0.350 e. The van der Waals surface area contributed by atoms with Crippen molar-refractivity contribution < 1.29 is 14.4 Å². The van der Waals surface area contributed by atoms with Crippen molar-refractivity contribution >= 4 is 34.2 Å². The number of aryl methyl sites for hydroxylation is 1. The van der Waals surface area contributed by atoms with Crippen LogP contribution in [0.3, 0.4) is 0 Å². The predicted octanol–water partition coefficient (Wildman–Crippen LogP) is 4.83. The van der Waals surface area contributed by atoms with E-state index in [4.69, 9.17) is 0 Å². The van der Waals surface area contributed by atoms with E-state index in [2.05, 4.69) is 5.32 Å². The van der Waals surface area contributed by atoms with Gasteiger partial charge in [0.2, 0.25) is 11.8 Å². The van der Waals surface area contributed by atoms with Gasteiger partial charge in [-0.25, -0.2) is 0 Å². The minimum atomic E-state index is -0.655. The molecule has 1 aliphatic heterocycles. The summed E-state index contributed by atoms with van der Waals surface area (Å²) in [5.41, 5.74) is 2.94. The Labute approximate surface area is 206 Å². The third-order valence-electron chi connectivity index (χ3n) is 6.26. The van der Waals surface area contributed by atoms with Gasteiger partial charge in [0.05, 0.1) is 5.69 Å². The molecule has 4 rings (SSSR count). The number of carbonyl (C=O) groups excluding carboxylic acids is 3. The van der Waals surface area contributed by atoms with Gasteiger partial charge < -0.3 is 10.2 Å². The fraction of sp³-hybridized carbons (Fsp3) is 0.345. The lowest BCUT2D eigenvalue weighted by Gasteiger charge is -2.34. The van der Waals surface area contributed by atoms with Gasteiger partial charge in [-0.2, -0.15) is 0 Å². The zero-order valence-electron chi connectivity index (χ0n) is 21.1. The normalized spacial score (nSPS) is 13.7. The first-order valence-electron chi connectivity index (χ1n) is 12.1. The number of amides is 3. The summed E-state index contributed by atoms with van der Waals surface area (Å²) in [5, 5.41) is 4.86. The molecule has 0 saturated heterocycles. The maximum Gasteiger partial charge on any atom is 0.259 e. The summed E-state index contributed by atoms with van der Waals surface area (Å²) in [6, 6.07) is 18.6. The van der Waals surface area contributed by atoms with Gasteiger partial charge in [0, 0.05) is 23.0 Å². The summed E-state index contributed by atoms with van der Waals surface area (Å²) < 4.78 is 0. The standard InChI is InChI=1S/C29H33N3O3/c1-6-23(27(34)30-29(3,4)5)31(17-20-11-7-10-19(2)16-20)25(33)18-32-24-15-9-13-21-12-8-14-22(26(21)24)28(32)35/h7-16,23H,6,17-18H2,1-5H3,(H,30,34)/t23-/m1/s1. The second-order valence-electron chi connectivity index (χ2n) is 10.2. The zero-order valence-corrected chi connectivity index (χ0v) is 21.1. The number of rotatable bonds is 7. The molecule has 0 spiro atoms. The molecule has 0 aromatic heterocycles. The number of carbonyl (C=O) groups is 3. The molecule has 1 heterocycles. The van der Waals surface area contributed by atoms with Crippen molar-refractivity contribution in [1.82, 2.24) is 10.2 Å². The Kier molecular flexibility index (Phi) is 6.66. The summed E-state index contributed by atoms with van der Waals surface area (Å²) in [6.45, 7) is 9.83. The minimum Gasteiger partial charge on any atom is -0.350 e. The number of hydrogen-bond donors (Lipinski definition) is 1. The molecule has 6 nitrogen and oxygen atoms in total. The van der Waals surface area contributed by atoms with Gasteiger partial charge in [-0.1, -0.05) is 61.0 Å². The van der Waals surface area contributed by atoms with Gasteiger partial charge in [-0.05, 0) is 57.2 Å². The minimum absolute atomic E-state index is 0.127. The summed E-state index contributed by atoms with van der Waals surface area (Å²) in [4.78, 5) is 43.5. The van der Waals surface area contributed by atoms with Crippen molar-refractivity contribution in [3.63, 3.8) is 0 Å². The number of nitrogens with zero attached hydrogens (tertiary/aromatic N) is 2. The molecular formula is C29H33N3O3. The predicted molar refractivity (Wildman–Crippen MR) is 139 cm³/mol. The van der Waals surface area contributed by atoms with E-state index in [1.807, 2.05) is 89.2 Å². The van der Waals surface area contributed by atoms with E-state index in [-0.39, 0.29) is 30.8 Å².